The third-order valence-corrected chi connectivity index (χ3v) is 5.24. The second-order valence-corrected chi connectivity index (χ2v) is 7.87. The maximum atomic E-state index is 11.7. The van der Waals surface area contributed by atoms with Gasteiger partial charge < -0.3 is 4.90 Å². The molecule has 1 fully saturated rings. The van der Waals surface area contributed by atoms with Crippen molar-refractivity contribution in [2.75, 3.05) is 13.1 Å². The first-order chi connectivity index (χ1) is 8.86. The summed E-state index contributed by atoms with van der Waals surface area (Å²) in [5, 5.41) is -0.146. The smallest absolute Gasteiger partial charge is 0.237 e. The number of rotatable bonds is 4. The third kappa shape index (κ3) is 3.84. The zero-order valence-corrected chi connectivity index (χ0v) is 12.4. The molecule has 1 aliphatic rings. The minimum atomic E-state index is -3.67. The van der Waals surface area contributed by atoms with E-state index in [-0.39, 0.29) is 18.9 Å². The van der Waals surface area contributed by atoms with Crippen LogP contribution in [-0.4, -0.2) is 37.6 Å². The summed E-state index contributed by atoms with van der Waals surface area (Å²) < 4.78 is 22.4. The van der Waals surface area contributed by atoms with E-state index < -0.39 is 14.3 Å². The second kappa shape index (κ2) is 5.69. The summed E-state index contributed by atoms with van der Waals surface area (Å²) >= 11 is 5.87. The molecule has 7 heteroatoms. The van der Waals surface area contributed by atoms with Crippen LogP contribution in [0.15, 0.2) is 24.3 Å². The van der Waals surface area contributed by atoms with Crippen molar-refractivity contribution < 1.29 is 13.2 Å². The molecule has 1 atom stereocenters. The molecule has 0 spiro atoms. The maximum Gasteiger partial charge on any atom is 0.237 e. The van der Waals surface area contributed by atoms with Crippen LogP contribution in [0.5, 0.6) is 0 Å². The van der Waals surface area contributed by atoms with Gasteiger partial charge in [0.1, 0.15) is 5.25 Å². The zero-order valence-electron chi connectivity index (χ0n) is 10.1. The molecule has 0 bridgehead atoms. The lowest BCUT2D eigenvalue weighted by atomic mass is 10.1. The van der Waals surface area contributed by atoms with Gasteiger partial charge in [0, 0.05) is 35.2 Å². The molecule has 0 saturated carbocycles. The number of nitrogens with zero attached hydrogens (tertiary/aromatic N) is 1. The summed E-state index contributed by atoms with van der Waals surface area (Å²) in [6, 6.07) is 7.37. The first-order valence-corrected chi connectivity index (χ1v) is 8.57. The molecule has 1 amide bonds. The van der Waals surface area contributed by atoms with E-state index in [0.717, 1.165) is 5.56 Å². The Bertz CT molecular complexity index is 588. The minimum Gasteiger partial charge on any atom is -0.341 e. The molecule has 1 saturated heterocycles. The molecular formula is C12H13Cl2NO3S. The van der Waals surface area contributed by atoms with Crippen LogP contribution in [-0.2, 0) is 20.3 Å². The van der Waals surface area contributed by atoms with Crippen molar-refractivity contribution in [1.82, 2.24) is 4.90 Å². The number of hydrogen-bond donors (Lipinski definition) is 0. The van der Waals surface area contributed by atoms with Crippen molar-refractivity contribution in [3.8, 4) is 0 Å². The van der Waals surface area contributed by atoms with Gasteiger partial charge >= 0.3 is 0 Å². The fraction of sp³-hybridized carbons (Fsp3) is 0.417. The highest BCUT2D eigenvalue weighted by Gasteiger charge is 2.36. The molecule has 1 aliphatic heterocycles. The zero-order chi connectivity index (χ0) is 14.0. The molecule has 104 valence electrons. The van der Waals surface area contributed by atoms with Gasteiger partial charge in [-0.3, -0.25) is 4.79 Å². The Balaban J connectivity index is 1.96. The molecule has 1 heterocycles. The van der Waals surface area contributed by atoms with E-state index in [1.54, 1.807) is 6.07 Å². The molecule has 0 aromatic heterocycles. The standard InChI is InChI=1S/C12H13Cl2NO3S/c13-10-3-1-2-9(6-10)4-5-15-8-11(7-12(15)16)19(14,17)18/h1-3,6,11H,4-5,7-8H2. The van der Waals surface area contributed by atoms with Crippen LogP contribution >= 0.6 is 22.3 Å². The Morgan fingerprint density at radius 2 is 2.11 bits per heavy atom. The van der Waals surface area contributed by atoms with Gasteiger partial charge in [-0.1, -0.05) is 23.7 Å². The van der Waals surface area contributed by atoms with Crippen LogP contribution in [0.25, 0.3) is 0 Å². The van der Waals surface area contributed by atoms with Crippen molar-refractivity contribution >= 4 is 37.2 Å². The molecular weight excluding hydrogens is 309 g/mol. The highest BCUT2D eigenvalue weighted by molar-refractivity contribution is 8.14. The van der Waals surface area contributed by atoms with Crippen molar-refractivity contribution in [3.63, 3.8) is 0 Å². The van der Waals surface area contributed by atoms with Crippen LogP contribution in [0.4, 0.5) is 0 Å². The van der Waals surface area contributed by atoms with Gasteiger partial charge in [0.2, 0.25) is 15.0 Å². The molecule has 1 unspecified atom stereocenters. The second-order valence-electron chi connectivity index (χ2n) is 4.52. The van der Waals surface area contributed by atoms with Gasteiger partial charge in [-0.05, 0) is 24.1 Å². The number of carbonyl (C=O) groups is 1. The molecule has 1 aromatic rings. The van der Waals surface area contributed by atoms with Crippen molar-refractivity contribution in [2.24, 2.45) is 0 Å². The Kier molecular flexibility index (Phi) is 4.38. The monoisotopic (exact) mass is 321 g/mol. The van der Waals surface area contributed by atoms with Crippen molar-refractivity contribution in [2.45, 2.75) is 18.1 Å². The quantitative estimate of drug-likeness (QED) is 0.797. The number of likely N-dealkylation sites (tertiary alicyclic amines) is 1. The van der Waals surface area contributed by atoms with E-state index in [4.69, 9.17) is 22.3 Å². The van der Waals surface area contributed by atoms with E-state index in [0.29, 0.717) is 18.0 Å². The Labute approximate surface area is 121 Å². The van der Waals surface area contributed by atoms with Crippen LogP contribution < -0.4 is 0 Å². The highest BCUT2D eigenvalue weighted by Crippen LogP contribution is 2.21. The number of carbonyl (C=O) groups excluding carboxylic acids is 1. The van der Waals surface area contributed by atoms with E-state index in [9.17, 15) is 13.2 Å². The van der Waals surface area contributed by atoms with E-state index >= 15 is 0 Å². The SMILES string of the molecule is O=C1CC(S(=O)(=O)Cl)CN1CCc1cccc(Cl)c1. The van der Waals surface area contributed by atoms with Crippen LogP contribution in [0.3, 0.4) is 0 Å². The molecule has 0 aliphatic carbocycles. The van der Waals surface area contributed by atoms with Gasteiger partial charge in [0.15, 0.2) is 0 Å². The molecule has 4 nitrogen and oxygen atoms in total. The first-order valence-electron chi connectivity index (χ1n) is 5.82. The van der Waals surface area contributed by atoms with Crippen molar-refractivity contribution in [3.05, 3.63) is 34.9 Å². The van der Waals surface area contributed by atoms with Crippen LogP contribution in [0.1, 0.15) is 12.0 Å². The van der Waals surface area contributed by atoms with Gasteiger partial charge in [0.05, 0.1) is 0 Å². The number of halogens is 2. The molecule has 0 radical (unpaired) electrons. The normalized spacial score (nSPS) is 20.0. The fourth-order valence-corrected chi connectivity index (χ4v) is 3.37. The summed E-state index contributed by atoms with van der Waals surface area (Å²) in [6.07, 6.45) is 0.614. The van der Waals surface area contributed by atoms with Crippen molar-refractivity contribution in [1.29, 1.82) is 0 Å². The lowest BCUT2D eigenvalue weighted by Crippen LogP contribution is -2.29. The van der Waals surface area contributed by atoms with Gasteiger partial charge in [0.25, 0.3) is 0 Å². The number of benzene rings is 1. The van der Waals surface area contributed by atoms with E-state index in [1.807, 2.05) is 18.2 Å². The Morgan fingerprint density at radius 1 is 1.37 bits per heavy atom. The predicted molar refractivity (Wildman–Crippen MR) is 74.9 cm³/mol. The van der Waals surface area contributed by atoms with Gasteiger partial charge in [-0.2, -0.15) is 0 Å². The average Bonchev–Trinajstić information content (AvgIpc) is 2.68. The lowest BCUT2D eigenvalue weighted by molar-refractivity contribution is -0.127. The summed E-state index contributed by atoms with van der Waals surface area (Å²) in [4.78, 5) is 13.2. The fourth-order valence-electron chi connectivity index (χ4n) is 2.10. The largest absolute Gasteiger partial charge is 0.341 e. The van der Waals surface area contributed by atoms with Crippen LogP contribution in [0, 0.1) is 0 Å². The molecule has 1 aromatic carbocycles. The van der Waals surface area contributed by atoms with Gasteiger partial charge in [-0.15, -0.1) is 0 Å². The molecule has 19 heavy (non-hydrogen) atoms. The first kappa shape index (κ1) is 14.6. The topological polar surface area (TPSA) is 54.5 Å². The third-order valence-electron chi connectivity index (χ3n) is 3.14. The number of hydrogen-bond acceptors (Lipinski definition) is 3. The number of amides is 1. The highest BCUT2D eigenvalue weighted by atomic mass is 35.7. The van der Waals surface area contributed by atoms with E-state index in [2.05, 4.69) is 0 Å². The molecule has 2 rings (SSSR count). The minimum absolute atomic E-state index is 0.0264. The van der Waals surface area contributed by atoms with Gasteiger partial charge in [-0.25, -0.2) is 8.42 Å². The molecule has 0 N–H and O–H groups in total. The summed E-state index contributed by atoms with van der Waals surface area (Å²) in [5.41, 5.74) is 1.01. The maximum absolute atomic E-state index is 11.7. The Morgan fingerprint density at radius 3 is 2.68 bits per heavy atom. The van der Waals surface area contributed by atoms with E-state index in [1.165, 1.54) is 4.90 Å². The average molecular weight is 322 g/mol. The lowest BCUT2D eigenvalue weighted by Gasteiger charge is -2.15. The summed E-state index contributed by atoms with van der Waals surface area (Å²) in [6.45, 7) is 0.646. The summed E-state index contributed by atoms with van der Waals surface area (Å²) in [5.74, 6) is -0.170. The predicted octanol–water partition coefficient (Wildman–Crippen LogP) is 2.05. The van der Waals surface area contributed by atoms with Crippen LogP contribution in [0.2, 0.25) is 5.02 Å². The Hall–Kier alpha value is -0.780. The summed E-state index contributed by atoms with van der Waals surface area (Å²) in [7, 11) is 1.61.